The van der Waals surface area contributed by atoms with Gasteiger partial charge >= 0.3 is 0 Å². The summed E-state index contributed by atoms with van der Waals surface area (Å²) in [5.74, 6) is 0.650. The molecule has 0 N–H and O–H groups in total. The highest BCUT2D eigenvalue weighted by Crippen LogP contribution is 2.41. The normalized spacial score (nSPS) is 11.8. The fourth-order valence-corrected chi connectivity index (χ4v) is 9.20. The zero-order valence-corrected chi connectivity index (χ0v) is 33.7. The van der Waals surface area contributed by atoms with Gasteiger partial charge in [0.25, 0.3) is 0 Å². The van der Waals surface area contributed by atoms with Crippen molar-refractivity contribution in [2.24, 2.45) is 0 Å². The molecule has 9 aromatic carbocycles. The zero-order chi connectivity index (χ0) is 41.4. The van der Waals surface area contributed by atoms with Crippen LogP contribution in [0.25, 0.3) is 133 Å². The standard InChI is InChI=1S/C58H34N2O3/c1-2-12-35(13-3-1)58-59-50(39-15-10-14-38(28-39)43-19-11-20-47-44-16-4-9-23-54(44)63-57(43)47)34-51(60-58)42-30-40(36-24-26-55-48(32-36)45-17-5-7-21-52(45)61-55)29-41(31-42)37-25-27-56-49(33-37)46-18-6-8-22-53(46)62-56/h1-34H. The number of aromatic nitrogens is 2. The molecule has 4 heterocycles. The summed E-state index contributed by atoms with van der Waals surface area (Å²) in [4.78, 5) is 10.6. The van der Waals surface area contributed by atoms with Crippen molar-refractivity contribution in [1.29, 1.82) is 0 Å². The van der Waals surface area contributed by atoms with Crippen LogP contribution in [0.2, 0.25) is 0 Å². The molecule has 0 amide bonds. The summed E-state index contributed by atoms with van der Waals surface area (Å²) in [6, 6.07) is 71.6. The summed E-state index contributed by atoms with van der Waals surface area (Å²) in [5.41, 5.74) is 16.1. The van der Waals surface area contributed by atoms with Crippen molar-refractivity contribution >= 4 is 65.8 Å². The Morgan fingerprint density at radius 1 is 0.254 bits per heavy atom. The quantitative estimate of drug-likeness (QED) is 0.167. The molecule has 0 spiro atoms. The molecular weight excluding hydrogens is 773 g/mol. The van der Waals surface area contributed by atoms with Gasteiger partial charge in [0.05, 0.1) is 11.4 Å². The first-order valence-electron chi connectivity index (χ1n) is 21.1. The number of para-hydroxylation sites is 4. The van der Waals surface area contributed by atoms with E-state index in [1.807, 2.05) is 54.6 Å². The van der Waals surface area contributed by atoms with Gasteiger partial charge in [-0.05, 0) is 101 Å². The van der Waals surface area contributed by atoms with Gasteiger partial charge in [0.2, 0.25) is 0 Å². The predicted molar refractivity (Wildman–Crippen MR) is 256 cm³/mol. The molecule has 0 atom stereocenters. The average molecular weight is 807 g/mol. The van der Waals surface area contributed by atoms with Crippen molar-refractivity contribution in [2.75, 3.05) is 0 Å². The largest absolute Gasteiger partial charge is 0.456 e. The lowest BCUT2D eigenvalue weighted by atomic mass is 9.93. The molecule has 4 aromatic heterocycles. The lowest BCUT2D eigenvalue weighted by molar-refractivity contribution is 0.668. The van der Waals surface area contributed by atoms with E-state index in [2.05, 4.69) is 152 Å². The number of benzene rings is 9. The molecule has 0 radical (unpaired) electrons. The fourth-order valence-electron chi connectivity index (χ4n) is 9.20. The summed E-state index contributed by atoms with van der Waals surface area (Å²) in [5, 5.41) is 6.55. The van der Waals surface area contributed by atoms with Gasteiger partial charge in [-0.1, -0.05) is 133 Å². The highest BCUT2D eigenvalue weighted by atomic mass is 16.3. The Morgan fingerprint density at radius 2 is 0.714 bits per heavy atom. The third-order valence-electron chi connectivity index (χ3n) is 12.3. The van der Waals surface area contributed by atoms with Crippen LogP contribution >= 0.6 is 0 Å². The average Bonchev–Trinajstić information content (AvgIpc) is 4.05. The van der Waals surface area contributed by atoms with Gasteiger partial charge in [-0.15, -0.1) is 0 Å². The van der Waals surface area contributed by atoms with Crippen molar-refractivity contribution < 1.29 is 13.3 Å². The minimum absolute atomic E-state index is 0.650. The van der Waals surface area contributed by atoms with Crippen molar-refractivity contribution in [1.82, 2.24) is 9.97 Å². The van der Waals surface area contributed by atoms with Gasteiger partial charge in [-0.2, -0.15) is 0 Å². The third kappa shape index (κ3) is 5.93. The lowest BCUT2D eigenvalue weighted by Gasteiger charge is -2.14. The Kier molecular flexibility index (Phi) is 7.84. The van der Waals surface area contributed by atoms with E-state index in [-0.39, 0.29) is 0 Å². The Morgan fingerprint density at radius 3 is 1.37 bits per heavy atom. The predicted octanol–water partition coefficient (Wildman–Crippen LogP) is 16.2. The van der Waals surface area contributed by atoms with Crippen LogP contribution in [0.15, 0.2) is 220 Å². The van der Waals surface area contributed by atoms with Gasteiger partial charge in [0.1, 0.15) is 33.5 Å². The van der Waals surface area contributed by atoms with Crippen LogP contribution in [0.5, 0.6) is 0 Å². The molecule has 0 aliphatic rings. The van der Waals surface area contributed by atoms with Crippen molar-refractivity contribution in [3.05, 3.63) is 206 Å². The van der Waals surface area contributed by atoms with E-state index < -0.39 is 0 Å². The van der Waals surface area contributed by atoms with Crippen LogP contribution in [-0.4, -0.2) is 9.97 Å². The summed E-state index contributed by atoms with van der Waals surface area (Å²) < 4.78 is 19.0. The molecule has 13 rings (SSSR count). The Bertz CT molecular complexity index is 3800. The molecule has 0 unspecified atom stereocenters. The maximum absolute atomic E-state index is 6.48. The van der Waals surface area contributed by atoms with Crippen LogP contribution in [0.1, 0.15) is 0 Å². The highest BCUT2D eigenvalue weighted by molar-refractivity contribution is 6.10. The Balaban J connectivity index is 1.01. The zero-order valence-electron chi connectivity index (χ0n) is 33.7. The van der Waals surface area contributed by atoms with Crippen molar-refractivity contribution in [3.63, 3.8) is 0 Å². The summed E-state index contributed by atoms with van der Waals surface area (Å²) in [6.07, 6.45) is 0. The van der Waals surface area contributed by atoms with E-state index in [1.165, 1.54) is 0 Å². The molecule has 63 heavy (non-hydrogen) atoms. The van der Waals surface area contributed by atoms with Crippen LogP contribution in [0.4, 0.5) is 0 Å². The fraction of sp³-hybridized carbons (Fsp3) is 0. The third-order valence-corrected chi connectivity index (χ3v) is 12.3. The molecule has 0 fully saturated rings. The molecule has 0 bridgehead atoms. The minimum Gasteiger partial charge on any atom is -0.456 e. The van der Waals surface area contributed by atoms with E-state index in [9.17, 15) is 0 Å². The smallest absolute Gasteiger partial charge is 0.160 e. The molecule has 0 aliphatic heterocycles. The molecular formula is C58H34N2O3. The second-order valence-corrected chi connectivity index (χ2v) is 16.1. The van der Waals surface area contributed by atoms with Gasteiger partial charge < -0.3 is 13.3 Å². The van der Waals surface area contributed by atoms with Gasteiger partial charge in [-0.25, -0.2) is 9.97 Å². The van der Waals surface area contributed by atoms with Crippen LogP contribution in [0.3, 0.4) is 0 Å². The molecule has 0 saturated carbocycles. The van der Waals surface area contributed by atoms with Gasteiger partial charge in [0.15, 0.2) is 5.82 Å². The SMILES string of the molecule is c1ccc(-c2nc(-c3cc(-c4ccc5oc6ccccc6c5c4)cc(-c4ccc5oc6ccccc6c5c4)c3)cc(-c3cccc(-c4cccc5c4oc4ccccc45)c3)n2)cc1. The maximum atomic E-state index is 6.48. The van der Waals surface area contributed by atoms with Crippen molar-refractivity contribution in [3.8, 4) is 67.3 Å². The van der Waals surface area contributed by atoms with Crippen LogP contribution in [-0.2, 0) is 0 Å². The maximum Gasteiger partial charge on any atom is 0.160 e. The number of hydrogen-bond acceptors (Lipinski definition) is 5. The van der Waals surface area contributed by atoms with E-state index >= 15 is 0 Å². The van der Waals surface area contributed by atoms with E-state index in [1.54, 1.807) is 0 Å². The van der Waals surface area contributed by atoms with E-state index in [4.69, 9.17) is 23.2 Å². The molecule has 5 heteroatoms. The first-order valence-corrected chi connectivity index (χ1v) is 21.1. The van der Waals surface area contributed by atoms with Gasteiger partial charge in [-0.3, -0.25) is 0 Å². The Hall–Kier alpha value is -8.54. The minimum atomic E-state index is 0.650. The van der Waals surface area contributed by atoms with E-state index in [0.29, 0.717) is 5.82 Å². The summed E-state index contributed by atoms with van der Waals surface area (Å²) in [7, 11) is 0. The van der Waals surface area contributed by atoms with Crippen molar-refractivity contribution in [2.45, 2.75) is 0 Å². The summed E-state index contributed by atoms with van der Waals surface area (Å²) in [6.45, 7) is 0. The molecule has 5 nitrogen and oxygen atoms in total. The first kappa shape index (κ1) is 35.2. The second-order valence-electron chi connectivity index (χ2n) is 16.1. The molecule has 13 aromatic rings. The number of hydrogen-bond donors (Lipinski definition) is 0. The summed E-state index contributed by atoms with van der Waals surface area (Å²) >= 11 is 0. The first-order chi connectivity index (χ1) is 31.2. The second kappa shape index (κ2) is 14.0. The van der Waals surface area contributed by atoms with Crippen LogP contribution in [0, 0.1) is 0 Å². The molecule has 0 aliphatic carbocycles. The number of fused-ring (bicyclic) bond motifs is 9. The monoisotopic (exact) mass is 806 g/mol. The van der Waals surface area contributed by atoms with E-state index in [0.717, 1.165) is 127 Å². The van der Waals surface area contributed by atoms with Crippen LogP contribution < -0.4 is 0 Å². The highest BCUT2D eigenvalue weighted by Gasteiger charge is 2.18. The topological polar surface area (TPSA) is 65.2 Å². The number of furan rings is 3. The Labute approximate surface area is 361 Å². The van der Waals surface area contributed by atoms with Gasteiger partial charge in [0, 0.05) is 54.6 Å². The number of rotatable bonds is 6. The number of nitrogens with zero attached hydrogens (tertiary/aromatic N) is 2. The molecule has 294 valence electrons. The molecule has 0 saturated heterocycles. The lowest BCUT2D eigenvalue weighted by Crippen LogP contribution is -1.97.